The Bertz CT molecular complexity index is 650. The van der Waals surface area contributed by atoms with Crippen molar-refractivity contribution in [2.45, 2.75) is 27.3 Å². The number of carbonyl (C=O) groups is 1. The van der Waals surface area contributed by atoms with E-state index in [4.69, 9.17) is 4.74 Å². The predicted molar refractivity (Wildman–Crippen MR) is 88.1 cm³/mol. The van der Waals surface area contributed by atoms with Crippen molar-refractivity contribution in [2.24, 2.45) is 0 Å². The number of nitrogens with one attached hydrogen (secondary N) is 1. The Morgan fingerprint density at radius 1 is 1.33 bits per heavy atom. The van der Waals surface area contributed by atoms with E-state index >= 15 is 0 Å². The molecule has 0 bridgehead atoms. The maximum Gasteiger partial charge on any atom is 0.272 e. The number of benzene rings is 1. The molecule has 1 aromatic heterocycles. The average Bonchev–Trinajstić information content (AvgIpc) is 2.83. The van der Waals surface area contributed by atoms with E-state index < -0.39 is 0 Å². The van der Waals surface area contributed by atoms with Crippen LogP contribution in [0.25, 0.3) is 0 Å². The van der Waals surface area contributed by atoms with Crippen LogP contribution in [-0.4, -0.2) is 17.1 Å². The summed E-state index contributed by atoms with van der Waals surface area (Å²) in [5.74, 6) is 0.548. The van der Waals surface area contributed by atoms with Crippen LogP contribution in [0, 0.1) is 6.92 Å². The van der Waals surface area contributed by atoms with Gasteiger partial charge in [-0.1, -0.05) is 6.07 Å². The number of hydrogen-bond acceptors (Lipinski definition) is 2. The molecule has 5 heteroatoms. The predicted octanol–water partition coefficient (Wildman–Crippen LogP) is 4.23. The normalized spacial score (nSPS) is 10.5. The van der Waals surface area contributed by atoms with Crippen LogP contribution in [0.1, 0.15) is 29.9 Å². The van der Waals surface area contributed by atoms with E-state index in [2.05, 4.69) is 21.2 Å². The van der Waals surface area contributed by atoms with Gasteiger partial charge in [0.2, 0.25) is 0 Å². The Morgan fingerprint density at radius 2 is 2.10 bits per heavy atom. The van der Waals surface area contributed by atoms with Gasteiger partial charge in [0.25, 0.3) is 5.91 Å². The summed E-state index contributed by atoms with van der Waals surface area (Å²) in [4.78, 5) is 12.4. The molecule has 0 aliphatic carbocycles. The lowest BCUT2D eigenvalue weighted by atomic mass is 10.2. The van der Waals surface area contributed by atoms with Gasteiger partial charge in [0.15, 0.2) is 0 Å². The summed E-state index contributed by atoms with van der Waals surface area (Å²) < 4.78 is 8.37. The number of hydrogen-bond donors (Lipinski definition) is 1. The first-order chi connectivity index (χ1) is 10.0. The minimum Gasteiger partial charge on any atom is -0.492 e. The molecule has 0 spiro atoms. The maximum atomic E-state index is 12.4. The molecule has 0 aliphatic heterocycles. The Balaban J connectivity index is 2.26. The van der Waals surface area contributed by atoms with E-state index in [-0.39, 0.29) is 5.91 Å². The molecular formula is C16H19BrN2O2. The first kappa shape index (κ1) is 15.6. The van der Waals surface area contributed by atoms with Crippen LogP contribution in [0.4, 0.5) is 5.69 Å². The highest BCUT2D eigenvalue weighted by molar-refractivity contribution is 9.10. The summed E-state index contributed by atoms with van der Waals surface area (Å²) in [6, 6.07) is 7.56. The fraction of sp³-hybridized carbons (Fsp3) is 0.312. The number of nitrogens with zero attached hydrogens (tertiary/aromatic N) is 1. The highest BCUT2D eigenvalue weighted by Gasteiger charge is 2.14. The molecule has 2 aromatic rings. The largest absolute Gasteiger partial charge is 0.492 e. The molecule has 0 unspecified atom stereocenters. The molecule has 0 fully saturated rings. The highest BCUT2D eigenvalue weighted by atomic mass is 79.9. The summed E-state index contributed by atoms with van der Waals surface area (Å²) in [5, 5.41) is 2.92. The van der Waals surface area contributed by atoms with Crippen LogP contribution in [-0.2, 0) is 6.54 Å². The van der Waals surface area contributed by atoms with Gasteiger partial charge in [-0.15, -0.1) is 0 Å². The van der Waals surface area contributed by atoms with Crippen molar-refractivity contribution in [3.05, 3.63) is 46.2 Å². The molecular weight excluding hydrogens is 332 g/mol. The monoisotopic (exact) mass is 350 g/mol. The molecule has 0 radical (unpaired) electrons. The number of amides is 1. The van der Waals surface area contributed by atoms with Gasteiger partial charge >= 0.3 is 0 Å². The molecule has 0 atom stereocenters. The molecule has 1 heterocycles. The summed E-state index contributed by atoms with van der Waals surface area (Å²) in [6.07, 6.45) is 1.90. The standard InChI is InChI=1S/C16H19BrN2O2/c1-4-19-10-12(17)9-14(19)16(20)18-13-7-6-11(3)8-15(13)21-5-2/h6-10H,4-5H2,1-3H3,(H,18,20). The van der Waals surface area contributed by atoms with Crippen molar-refractivity contribution in [2.75, 3.05) is 11.9 Å². The Hall–Kier alpha value is -1.75. The van der Waals surface area contributed by atoms with Gasteiger partial charge in [0.1, 0.15) is 11.4 Å². The van der Waals surface area contributed by atoms with E-state index in [1.807, 2.05) is 55.8 Å². The van der Waals surface area contributed by atoms with Crippen molar-refractivity contribution in [3.8, 4) is 5.75 Å². The van der Waals surface area contributed by atoms with E-state index in [9.17, 15) is 4.79 Å². The number of ether oxygens (including phenoxy) is 1. The molecule has 0 aliphatic rings. The smallest absolute Gasteiger partial charge is 0.272 e. The molecule has 112 valence electrons. The molecule has 2 rings (SSSR count). The zero-order valence-electron chi connectivity index (χ0n) is 12.4. The van der Waals surface area contributed by atoms with Gasteiger partial charge in [-0.25, -0.2) is 0 Å². The molecule has 1 amide bonds. The Morgan fingerprint density at radius 3 is 2.76 bits per heavy atom. The van der Waals surface area contributed by atoms with Crippen LogP contribution in [0.15, 0.2) is 34.9 Å². The van der Waals surface area contributed by atoms with E-state index in [0.717, 1.165) is 16.6 Å². The number of anilines is 1. The highest BCUT2D eigenvalue weighted by Crippen LogP contribution is 2.26. The SMILES string of the molecule is CCOc1cc(C)ccc1NC(=O)c1cc(Br)cn1CC. The molecule has 1 aromatic carbocycles. The second-order valence-electron chi connectivity index (χ2n) is 4.72. The second-order valence-corrected chi connectivity index (χ2v) is 5.63. The lowest BCUT2D eigenvalue weighted by Gasteiger charge is -2.13. The number of rotatable bonds is 5. The summed E-state index contributed by atoms with van der Waals surface area (Å²) in [7, 11) is 0. The van der Waals surface area contributed by atoms with Gasteiger partial charge < -0.3 is 14.6 Å². The topological polar surface area (TPSA) is 43.3 Å². The van der Waals surface area contributed by atoms with Crippen LogP contribution in [0.3, 0.4) is 0 Å². The minimum absolute atomic E-state index is 0.146. The Labute approximate surface area is 133 Å². The van der Waals surface area contributed by atoms with Gasteiger partial charge in [-0.2, -0.15) is 0 Å². The number of halogens is 1. The summed E-state index contributed by atoms with van der Waals surface area (Å²) in [5.41, 5.74) is 2.40. The van der Waals surface area contributed by atoms with Gasteiger partial charge in [-0.3, -0.25) is 4.79 Å². The third kappa shape index (κ3) is 3.67. The van der Waals surface area contributed by atoms with Gasteiger partial charge in [0.05, 0.1) is 12.3 Å². The molecule has 4 nitrogen and oxygen atoms in total. The average molecular weight is 351 g/mol. The third-order valence-electron chi connectivity index (χ3n) is 3.12. The van der Waals surface area contributed by atoms with Crippen molar-refractivity contribution in [1.29, 1.82) is 0 Å². The van der Waals surface area contributed by atoms with Crippen molar-refractivity contribution < 1.29 is 9.53 Å². The van der Waals surface area contributed by atoms with E-state index in [1.54, 1.807) is 0 Å². The molecule has 1 N–H and O–H groups in total. The molecule has 0 saturated heterocycles. The van der Waals surface area contributed by atoms with Crippen LogP contribution in [0.5, 0.6) is 5.75 Å². The lowest BCUT2D eigenvalue weighted by molar-refractivity contribution is 0.101. The fourth-order valence-electron chi connectivity index (χ4n) is 2.12. The molecule has 21 heavy (non-hydrogen) atoms. The van der Waals surface area contributed by atoms with E-state index in [0.29, 0.717) is 23.7 Å². The second kappa shape index (κ2) is 6.80. The Kier molecular flexibility index (Phi) is 5.07. The lowest BCUT2D eigenvalue weighted by Crippen LogP contribution is -2.17. The summed E-state index contributed by atoms with van der Waals surface area (Å²) >= 11 is 3.40. The van der Waals surface area contributed by atoms with Crippen molar-refractivity contribution in [1.82, 2.24) is 4.57 Å². The molecule has 0 saturated carbocycles. The zero-order chi connectivity index (χ0) is 15.4. The summed E-state index contributed by atoms with van der Waals surface area (Å²) in [6.45, 7) is 7.21. The van der Waals surface area contributed by atoms with Crippen LogP contribution in [0.2, 0.25) is 0 Å². The number of carbonyl (C=O) groups excluding carboxylic acids is 1. The number of aryl methyl sites for hydroxylation is 2. The van der Waals surface area contributed by atoms with E-state index in [1.165, 1.54) is 0 Å². The van der Waals surface area contributed by atoms with Gasteiger partial charge in [-0.05, 0) is 60.5 Å². The van der Waals surface area contributed by atoms with Crippen molar-refractivity contribution in [3.63, 3.8) is 0 Å². The zero-order valence-corrected chi connectivity index (χ0v) is 14.0. The van der Waals surface area contributed by atoms with Crippen LogP contribution >= 0.6 is 15.9 Å². The number of aromatic nitrogens is 1. The van der Waals surface area contributed by atoms with Crippen LogP contribution < -0.4 is 10.1 Å². The minimum atomic E-state index is -0.146. The van der Waals surface area contributed by atoms with Gasteiger partial charge in [0, 0.05) is 17.2 Å². The first-order valence-corrected chi connectivity index (χ1v) is 7.75. The maximum absolute atomic E-state index is 12.4. The quantitative estimate of drug-likeness (QED) is 0.876. The fourth-order valence-corrected chi connectivity index (χ4v) is 2.58. The third-order valence-corrected chi connectivity index (χ3v) is 3.56. The van der Waals surface area contributed by atoms with Crippen molar-refractivity contribution >= 4 is 27.5 Å². The first-order valence-electron chi connectivity index (χ1n) is 6.95.